The molecule has 5 heteroatoms. The topological polar surface area (TPSA) is 55.0 Å². The highest BCUT2D eigenvalue weighted by atomic mass is 32.1. The minimum absolute atomic E-state index is 0.509. The summed E-state index contributed by atoms with van der Waals surface area (Å²) in [5.41, 5.74) is 9.17. The lowest BCUT2D eigenvalue weighted by atomic mass is 10.1. The number of hydrogen-bond donors (Lipinski definition) is 1. The predicted octanol–water partition coefficient (Wildman–Crippen LogP) is 2.25. The van der Waals surface area contributed by atoms with Gasteiger partial charge in [0.05, 0.1) is 17.2 Å². The third-order valence-electron chi connectivity index (χ3n) is 2.90. The van der Waals surface area contributed by atoms with E-state index in [1.807, 2.05) is 26.2 Å². The van der Waals surface area contributed by atoms with Crippen molar-refractivity contribution in [3.05, 3.63) is 39.5 Å². The van der Waals surface area contributed by atoms with E-state index in [-0.39, 0.29) is 0 Å². The third kappa shape index (κ3) is 2.68. The monoisotopic (exact) mass is 262 g/mol. The molecule has 0 atom stereocenters. The molecule has 0 aromatic carbocycles. The molecule has 2 N–H and O–H groups in total. The van der Waals surface area contributed by atoms with Crippen molar-refractivity contribution in [2.75, 3.05) is 11.9 Å². The summed E-state index contributed by atoms with van der Waals surface area (Å²) in [5, 5.41) is 3.18. The van der Waals surface area contributed by atoms with Crippen LogP contribution in [0.2, 0.25) is 0 Å². The van der Waals surface area contributed by atoms with Gasteiger partial charge in [0.15, 0.2) is 0 Å². The largest absolute Gasteiger partial charge is 0.353 e. The molecule has 4 nitrogen and oxygen atoms in total. The summed E-state index contributed by atoms with van der Waals surface area (Å²) in [6.45, 7) is 5.35. The first-order valence-electron chi connectivity index (χ1n) is 5.88. The van der Waals surface area contributed by atoms with Crippen LogP contribution in [0.4, 0.5) is 5.82 Å². The van der Waals surface area contributed by atoms with Gasteiger partial charge < -0.3 is 10.6 Å². The van der Waals surface area contributed by atoms with Gasteiger partial charge in [-0.3, -0.25) is 0 Å². The van der Waals surface area contributed by atoms with Gasteiger partial charge in [-0.25, -0.2) is 9.97 Å². The highest BCUT2D eigenvalue weighted by Gasteiger charge is 2.11. The van der Waals surface area contributed by atoms with Crippen LogP contribution in [0, 0.1) is 13.8 Å². The summed E-state index contributed by atoms with van der Waals surface area (Å²) in [5.74, 6) is 0.947. The van der Waals surface area contributed by atoms with Crippen LogP contribution < -0.4 is 10.6 Å². The Bertz CT molecular complexity index is 536. The van der Waals surface area contributed by atoms with E-state index in [1.54, 1.807) is 11.3 Å². The number of pyridine rings is 1. The van der Waals surface area contributed by atoms with Gasteiger partial charge in [0.25, 0.3) is 0 Å². The summed E-state index contributed by atoms with van der Waals surface area (Å²) in [6, 6.07) is 1.99. The number of hydrogen-bond acceptors (Lipinski definition) is 5. The Morgan fingerprint density at radius 3 is 2.78 bits per heavy atom. The molecule has 0 unspecified atom stereocenters. The summed E-state index contributed by atoms with van der Waals surface area (Å²) in [4.78, 5) is 11.0. The maximum atomic E-state index is 5.81. The van der Waals surface area contributed by atoms with Crippen molar-refractivity contribution in [2.45, 2.75) is 26.9 Å². The summed E-state index contributed by atoms with van der Waals surface area (Å²) in [6.07, 6.45) is 1.83. The molecule has 2 aromatic rings. The zero-order valence-electron chi connectivity index (χ0n) is 11.0. The average Bonchev–Trinajstić information content (AvgIpc) is 2.74. The maximum absolute atomic E-state index is 5.81. The quantitative estimate of drug-likeness (QED) is 0.918. The molecule has 2 rings (SSSR count). The normalized spacial score (nSPS) is 10.7. The third-order valence-corrected chi connectivity index (χ3v) is 3.72. The predicted molar refractivity (Wildman–Crippen MR) is 75.8 cm³/mol. The second-order valence-electron chi connectivity index (χ2n) is 4.35. The van der Waals surface area contributed by atoms with Crippen LogP contribution in [0.1, 0.15) is 21.8 Å². The summed E-state index contributed by atoms with van der Waals surface area (Å²) in [7, 11) is 2.02. The molecule has 0 spiro atoms. The van der Waals surface area contributed by atoms with Crippen molar-refractivity contribution < 1.29 is 0 Å². The van der Waals surface area contributed by atoms with Crippen LogP contribution in [0.15, 0.2) is 17.6 Å². The Hall–Kier alpha value is -1.46. The maximum Gasteiger partial charge on any atom is 0.133 e. The van der Waals surface area contributed by atoms with Crippen LogP contribution in [-0.2, 0) is 13.1 Å². The fraction of sp³-hybridized carbons (Fsp3) is 0.385. The van der Waals surface area contributed by atoms with Gasteiger partial charge in [-0.05, 0) is 25.5 Å². The highest BCUT2D eigenvalue weighted by molar-refractivity contribution is 7.09. The van der Waals surface area contributed by atoms with Crippen molar-refractivity contribution >= 4 is 17.2 Å². The molecule has 0 aliphatic rings. The van der Waals surface area contributed by atoms with E-state index < -0.39 is 0 Å². The van der Waals surface area contributed by atoms with Crippen molar-refractivity contribution in [1.82, 2.24) is 9.97 Å². The number of aromatic nitrogens is 2. The number of nitrogens with two attached hydrogens (primary N) is 1. The average molecular weight is 262 g/mol. The van der Waals surface area contributed by atoms with Gasteiger partial charge >= 0.3 is 0 Å². The van der Waals surface area contributed by atoms with E-state index in [0.29, 0.717) is 6.54 Å². The van der Waals surface area contributed by atoms with Gasteiger partial charge in [0.1, 0.15) is 5.82 Å². The van der Waals surface area contributed by atoms with E-state index in [4.69, 9.17) is 5.73 Å². The molecule has 0 aliphatic carbocycles. The number of thiazole rings is 1. The van der Waals surface area contributed by atoms with E-state index in [1.165, 1.54) is 5.56 Å². The molecule has 2 heterocycles. The molecule has 0 fully saturated rings. The molecule has 0 saturated heterocycles. The molecule has 0 amide bonds. The van der Waals surface area contributed by atoms with Crippen LogP contribution in [-0.4, -0.2) is 17.0 Å². The van der Waals surface area contributed by atoms with Gasteiger partial charge in [-0.1, -0.05) is 0 Å². The van der Waals surface area contributed by atoms with Crippen LogP contribution in [0.25, 0.3) is 0 Å². The van der Waals surface area contributed by atoms with E-state index in [2.05, 4.69) is 27.2 Å². The fourth-order valence-corrected chi connectivity index (χ4v) is 2.56. The molecule has 2 aromatic heterocycles. The molecule has 96 valence electrons. The number of rotatable bonds is 4. The lowest BCUT2D eigenvalue weighted by molar-refractivity contribution is 0.850. The van der Waals surface area contributed by atoms with Crippen molar-refractivity contribution in [1.29, 1.82) is 0 Å². The van der Waals surface area contributed by atoms with Crippen LogP contribution in [0.3, 0.4) is 0 Å². The van der Waals surface area contributed by atoms with Crippen molar-refractivity contribution in [3.8, 4) is 0 Å². The van der Waals surface area contributed by atoms with Crippen LogP contribution >= 0.6 is 11.3 Å². The lowest BCUT2D eigenvalue weighted by Crippen LogP contribution is -2.21. The second kappa shape index (κ2) is 5.46. The van der Waals surface area contributed by atoms with E-state index in [9.17, 15) is 0 Å². The van der Waals surface area contributed by atoms with E-state index >= 15 is 0 Å². The van der Waals surface area contributed by atoms with Gasteiger partial charge in [0, 0.05) is 30.7 Å². The Morgan fingerprint density at radius 2 is 2.17 bits per heavy atom. The second-order valence-corrected chi connectivity index (χ2v) is 5.41. The lowest BCUT2D eigenvalue weighted by Gasteiger charge is -2.20. The van der Waals surface area contributed by atoms with Gasteiger partial charge in [-0.15, -0.1) is 11.3 Å². The fourth-order valence-electron chi connectivity index (χ4n) is 1.95. The zero-order valence-corrected chi connectivity index (χ0v) is 11.8. The zero-order chi connectivity index (χ0) is 13.1. The van der Waals surface area contributed by atoms with Crippen molar-refractivity contribution in [2.24, 2.45) is 5.73 Å². The molecular weight excluding hydrogens is 244 g/mol. The Kier molecular flexibility index (Phi) is 3.93. The first kappa shape index (κ1) is 13.0. The summed E-state index contributed by atoms with van der Waals surface area (Å²) >= 11 is 1.67. The first-order chi connectivity index (χ1) is 8.61. The minimum atomic E-state index is 0.509. The number of nitrogens with zero attached hydrogens (tertiary/aromatic N) is 3. The van der Waals surface area contributed by atoms with Crippen molar-refractivity contribution in [3.63, 3.8) is 0 Å². The summed E-state index contributed by atoms with van der Waals surface area (Å²) < 4.78 is 0. The Labute approximate surface area is 111 Å². The number of anilines is 1. The van der Waals surface area contributed by atoms with E-state index in [0.717, 1.165) is 28.6 Å². The molecular formula is C13H18N4S. The Balaban J connectivity index is 2.23. The molecule has 0 aliphatic heterocycles. The Morgan fingerprint density at radius 1 is 1.39 bits per heavy atom. The first-order valence-corrected chi connectivity index (χ1v) is 6.76. The smallest absolute Gasteiger partial charge is 0.133 e. The minimum Gasteiger partial charge on any atom is -0.353 e. The highest BCUT2D eigenvalue weighted by Crippen LogP contribution is 2.21. The SMILES string of the molecule is Cc1nc(CN(C)c2nccc(C)c2CN)cs1. The molecule has 0 saturated carbocycles. The molecule has 0 radical (unpaired) electrons. The molecule has 18 heavy (non-hydrogen) atoms. The van der Waals surface area contributed by atoms with Gasteiger partial charge in [-0.2, -0.15) is 0 Å². The van der Waals surface area contributed by atoms with Gasteiger partial charge in [0.2, 0.25) is 0 Å². The molecule has 0 bridgehead atoms. The van der Waals surface area contributed by atoms with Crippen LogP contribution in [0.5, 0.6) is 0 Å². The standard InChI is InChI=1S/C13H18N4S/c1-9-4-5-15-13(12(9)6-14)17(3)7-11-8-18-10(2)16-11/h4-5,8H,6-7,14H2,1-3H3. The number of aryl methyl sites for hydroxylation is 2.